The molecule has 13 heteroatoms. The predicted molar refractivity (Wildman–Crippen MR) is 175 cm³/mol. The quantitative estimate of drug-likeness (QED) is 0.147. The first-order valence-corrected chi connectivity index (χ1v) is 16.3. The Labute approximate surface area is 281 Å². The monoisotopic (exact) mass is 704 g/mol. The number of hydrogen-bond acceptors (Lipinski definition) is 5. The minimum atomic E-state index is -5.89. The number of anilines is 2. The van der Waals surface area contributed by atoms with Gasteiger partial charge in [-0.2, -0.15) is 26.3 Å². The Kier molecular flexibility index (Phi) is 12.4. The summed E-state index contributed by atoms with van der Waals surface area (Å²) in [5, 5.41) is 14.1. The van der Waals surface area contributed by atoms with Crippen LogP contribution in [0.4, 0.5) is 37.7 Å². The summed E-state index contributed by atoms with van der Waals surface area (Å²) in [6.45, 7) is 4.20. The van der Waals surface area contributed by atoms with Crippen LogP contribution in [-0.4, -0.2) is 48.5 Å². The number of likely N-dealkylation sites (tertiary alicyclic amines) is 1. The predicted octanol–water partition coefficient (Wildman–Crippen LogP) is 8.15. The van der Waals surface area contributed by atoms with Gasteiger partial charge >= 0.3 is 12.4 Å². The summed E-state index contributed by atoms with van der Waals surface area (Å²) in [6.07, 6.45) is -5.45. The van der Waals surface area contributed by atoms with Gasteiger partial charge in [0.2, 0.25) is 0 Å². The zero-order chi connectivity index (χ0) is 34.4. The Hall–Kier alpha value is -2.70. The van der Waals surface area contributed by atoms with Crippen molar-refractivity contribution in [2.24, 2.45) is 11.8 Å². The van der Waals surface area contributed by atoms with Crippen LogP contribution in [0.2, 0.25) is 10.0 Å². The van der Waals surface area contributed by atoms with Crippen molar-refractivity contribution in [1.82, 2.24) is 10.2 Å². The van der Waals surface area contributed by atoms with Crippen molar-refractivity contribution in [2.75, 3.05) is 37.6 Å². The molecule has 0 atom stereocenters. The van der Waals surface area contributed by atoms with Crippen LogP contribution in [0.25, 0.3) is 0 Å². The number of aliphatic hydroxyl groups is 1. The second kappa shape index (κ2) is 15.7. The molecule has 3 aromatic carbocycles. The van der Waals surface area contributed by atoms with E-state index in [0.717, 1.165) is 63.3 Å². The molecule has 0 bridgehead atoms. The zero-order valence-corrected chi connectivity index (χ0v) is 27.3. The molecule has 5 rings (SSSR count). The van der Waals surface area contributed by atoms with Gasteiger partial charge < -0.3 is 21.9 Å². The van der Waals surface area contributed by atoms with Gasteiger partial charge in [0, 0.05) is 12.1 Å². The van der Waals surface area contributed by atoms with Gasteiger partial charge in [0.05, 0.1) is 21.4 Å². The molecule has 0 radical (unpaired) electrons. The third-order valence-electron chi connectivity index (χ3n) is 8.94. The van der Waals surface area contributed by atoms with E-state index in [4.69, 9.17) is 34.7 Å². The van der Waals surface area contributed by atoms with E-state index < -0.39 is 23.5 Å². The van der Waals surface area contributed by atoms with E-state index in [1.165, 1.54) is 30.5 Å². The molecule has 0 spiro atoms. The maximum Gasteiger partial charge on any atom is 0.430 e. The summed E-state index contributed by atoms with van der Waals surface area (Å²) in [6, 6.07) is 15.3. The van der Waals surface area contributed by atoms with Gasteiger partial charge in [0.25, 0.3) is 5.60 Å². The van der Waals surface area contributed by atoms with Gasteiger partial charge in [-0.05, 0) is 117 Å². The first-order valence-electron chi connectivity index (χ1n) is 15.5. The van der Waals surface area contributed by atoms with Gasteiger partial charge in [-0.1, -0.05) is 59.6 Å². The van der Waals surface area contributed by atoms with E-state index >= 15 is 0 Å². The second-order valence-corrected chi connectivity index (χ2v) is 13.3. The smallest absolute Gasteiger partial charge is 0.398 e. The van der Waals surface area contributed by atoms with Crippen LogP contribution in [-0.2, 0) is 25.0 Å². The molecule has 2 heterocycles. The molecule has 47 heavy (non-hydrogen) atoms. The number of benzene rings is 3. The summed E-state index contributed by atoms with van der Waals surface area (Å²) < 4.78 is 78.0. The molecule has 0 saturated carbocycles. The number of alkyl halides is 6. The normalized spacial score (nSPS) is 17.3. The van der Waals surface area contributed by atoms with Gasteiger partial charge in [-0.25, -0.2) is 0 Å². The average Bonchev–Trinajstić information content (AvgIpc) is 3.01. The van der Waals surface area contributed by atoms with Crippen LogP contribution in [0.3, 0.4) is 0 Å². The SMILES string of the molecule is Nc1ccc(CC2CCN(Cc3ccc(C(O)(C(F)(F)F)C(F)(F)F)cc3)CC2)cc1Cl.Nc1ccc(CC2CCNCC2)cc1Cl. The van der Waals surface area contributed by atoms with Crippen LogP contribution in [0.15, 0.2) is 60.7 Å². The van der Waals surface area contributed by atoms with Crippen molar-refractivity contribution < 1.29 is 31.4 Å². The summed E-state index contributed by atoms with van der Waals surface area (Å²) in [7, 11) is 0. The molecule has 258 valence electrons. The molecule has 2 aliphatic heterocycles. The molecule has 5 nitrogen and oxygen atoms in total. The van der Waals surface area contributed by atoms with Crippen LogP contribution < -0.4 is 16.8 Å². The van der Waals surface area contributed by atoms with Crippen LogP contribution >= 0.6 is 23.2 Å². The Bertz CT molecular complexity index is 1440. The molecule has 3 aromatic rings. The molecule has 0 aliphatic carbocycles. The van der Waals surface area contributed by atoms with E-state index in [9.17, 15) is 31.4 Å². The van der Waals surface area contributed by atoms with Crippen molar-refractivity contribution >= 4 is 34.6 Å². The van der Waals surface area contributed by atoms with Crippen molar-refractivity contribution in [2.45, 2.75) is 63.0 Å². The van der Waals surface area contributed by atoms with Gasteiger partial charge in [-0.3, -0.25) is 4.90 Å². The fraction of sp³-hybridized carbons (Fsp3) is 0.471. The lowest BCUT2D eigenvalue weighted by molar-refractivity contribution is -0.376. The highest BCUT2D eigenvalue weighted by Gasteiger charge is 2.71. The van der Waals surface area contributed by atoms with Crippen molar-refractivity contribution in [1.29, 1.82) is 0 Å². The second-order valence-electron chi connectivity index (χ2n) is 12.4. The van der Waals surface area contributed by atoms with E-state index in [1.54, 1.807) is 6.07 Å². The van der Waals surface area contributed by atoms with Crippen LogP contribution in [0, 0.1) is 11.8 Å². The fourth-order valence-electron chi connectivity index (χ4n) is 6.09. The van der Waals surface area contributed by atoms with Crippen LogP contribution in [0.1, 0.15) is 47.9 Å². The summed E-state index contributed by atoms with van der Waals surface area (Å²) >= 11 is 12.1. The third kappa shape index (κ3) is 9.69. The Morgan fingerprint density at radius 2 is 1.11 bits per heavy atom. The summed E-state index contributed by atoms with van der Waals surface area (Å²) in [5.41, 5.74) is 9.43. The van der Waals surface area contributed by atoms with Gasteiger partial charge in [-0.15, -0.1) is 0 Å². The van der Waals surface area contributed by atoms with Crippen molar-refractivity contribution in [3.05, 3.63) is 93.0 Å². The van der Waals surface area contributed by atoms with Gasteiger partial charge in [0.1, 0.15) is 0 Å². The van der Waals surface area contributed by atoms with E-state index in [1.807, 2.05) is 24.3 Å². The van der Waals surface area contributed by atoms with Crippen molar-refractivity contribution in [3.63, 3.8) is 0 Å². The first kappa shape index (κ1) is 37.1. The molecule has 0 amide bonds. The molecular formula is C34H40Cl2F6N4O. The summed E-state index contributed by atoms with van der Waals surface area (Å²) in [5.74, 6) is 1.24. The maximum absolute atomic E-state index is 13.0. The average molecular weight is 706 g/mol. The highest BCUT2D eigenvalue weighted by Crippen LogP contribution is 2.50. The molecule has 6 N–H and O–H groups in total. The first-order chi connectivity index (χ1) is 22.1. The minimum Gasteiger partial charge on any atom is -0.398 e. The molecule has 2 saturated heterocycles. The number of rotatable bonds is 7. The lowest BCUT2D eigenvalue weighted by Crippen LogP contribution is -2.53. The van der Waals surface area contributed by atoms with Gasteiger partial charge in [0.15, 0.2) is 0 Å². The Balaban J connectivity index is 0.000000277. The maximum atomic E-state index is 13.0. The number of piperidine rings is 2. The number of nitrogens with one attached hydrogen (secondary N) is 1. The summed E-state index contributed by atoms with van der Waals surface area (Å²) in [4.78, 5) is 2.10. The van der Waals surface area contributed by atoms with Crippen molar-refractivity contribution in [3.8, 4) is 0 Å². The highest BCUT2D eigenvalue weighted by atomic mass is 35.5. The number of nitrogens with two attached hydrogens (primary N) is 2. The standard InChI is InChI=1S/C22H23ClF6N2O.C12H17ClN2/c23-18-12-16(3-6-19(18)30)11-14-7-9-31(10-8-14)13-15-1-4-17(5-2-15)20(32,21(24,25)26)22(27,28)29;13-11-8-10(1-2-12(11)14)7-9-3-5-15-6-4-9/h1-6,12,14,32H,7-11,13,30H2;1-2,8-9,15H,3-7,14H2. The number of hydrogen-bond donors (Lipinski definition) is 4. The highest BCUT2D eigenvalue weighted by molar-refractivity contribution is 6.33. The number of nitrogen functional groups attached to an aromatic ring is 2. The number of nitrogens with zero attached hydrogens (tertiary/aromatic N) is 1. The van der Waals surface area contributed by atoms with Crippen LogP contribution in [0.5, 0.6) is 0 Å². The Morgan fingerprint density at radius 1 is 0.681 bits per heavy atom. The largest absolute Gasteiger partial charge is 0.430 e. The third-order valence-corrected chi connectivity index (χ3v) is 9.60. The lowest BCUT2D eigenvalue weighted by Gasteiger charge is -2.33. The molecule has 2 fully saturated rings. The van der Waals surface area contributed by atoms with E-state index in [2.05, 4.69) is 16.3 Å². The number of halogens is 8. The topological polar surface area (TPSA) is 87.5 Å². The molecule has 0 unspecified atom stereocenters. The van der Waals surface area contributed by atoms with E-state index in [-0.39, 0.29) is 0 Å². The Morgan fingerprint density at radius 3 is 1.53 bits per heavy atom. The molecule has 2 aliphatic rings. The molecular weight excluding hydrogens is 665 g/mol. The lowest BCUT2D eigenvalue weighted by atomic mass is 9.89. The molecule has 0 aromatic heterocycles. The minimum absolute atomic E-state index is 0.400. The fourth-order valence-corrected chi connectivity index (χ4v) is 6.50. The zero-order valence-electron chi connectivity index (χ0n) is 25.8. The van der Waals surface area contributed by atoms with E-state index in [0.29, 0.717) is 51.6 Å².